The molecule has 0 aromatic heterocycles. The van der Waals surface area contributed by atoms with Crippen molar-refractivity contribution in [3.05, 3.63) is 35.9 Å². The molecule has 1 aromatic carbocycles. The average molecular weight is 405 g/mol. The summed E-state index contributed by atoms with van der Waals surface area (Å²) in [5, 5.41) is 14.7. The minimum Gasteiger partial charge on any atom is -1.00 e. The van der Waals surface area contributed by atoms with Crippen LogP contribution in [-0.4, -0.2) is 36.6 Å². The molecule has 0 aliphatic heterocycles. The lowest BCUT2D eigenvalue weighted by Crippen LogP contribution is -3.00. The smallest absolute Gasteiger partial charge is 0.141 e. The maximum absolute atomic E-state index is 12.1. The third-order valence-corrected chi connectivity index (χ3v) is 5.20. The lowest BCUT2D eigenvalue weighted by atomic mass is 9.85. The van der Waals surface area contributed by atoms with Crippen LogP contribution in [0.3, 0.4) is 0 Å². The van der Waals surface area contributed by atoms with Crippen LogP contribution in [0.1, 0.15) is 57.1 Å². The Labute approximate surface area is 170 Å². The summed E-state index contributed by atoms with van der Waals surface area (Å²) in [6.45, 7) is 4.91. The molecule has 2 rings (SSSR count). The molecule has 150 valence electrons. The maximum Gasteiger partial charge on any atom is 0.141 e. The molecule has 0 saturated heterocycles. The van der Waals surface area contributed by atoms with Gasteiger partial charge in [0, 0.05) is 5.92 Å². The number of Topliss-reactive ketones (excluding diaryl/α,β-unsaturated/α-hetero) is 1. The van der Waals surface area contributed by atoms with E-state index in [4.69, 9.17) is 0 Å². The highest BCUT2D eigenvalue weighted by atomic mass is 35.5. The van der Waals surface area contributed by atoms with Crippen LogP contribution in [0.25, 0.3) is 0 Å². The molecule has 0 bridgehead atoms. The highest BCUT2D eigenvalue weighted by Crippen LogP contribution is 2.24. The van der Waals surface area contributed by atoms with Crippen LogP contribution in [0, 0.1) is 5.92 Å². The van der Waals surface area contributed by atoms with E-state index in [2.05, 4.69) is 17.6 Å². The maximum atomic E-state index is 12.1. The third kappa shape index (κ3) is 8.83. The zero-order valence-corrected chi connectivity index (χ0v) is 17.3. The fourth-order valence-corrected chi connectivity index (χ4v) is 3.58. The van der Waals surface area contributed by atoms with Crippen molar-refractivity contribution in [2.24, 2.45) is 5.92 Å². The quantitative estimate of drug-likeness (QED) is 0.341. The number of quaternary nitrogens is 2. The normalized spacial score (nSPS) is 16.8. The van der Waals surface area contributed by atoms with Crippen molar-refractivity contribution in [2.75, 3.05) is 19.6 Å². The largest absolute Gasteiger partial charge is 1.00 e. The molecule has 0 spiro atoms. The summed E-state index contributed by atoms with van der Waals surface area (Å²) in [6, 6.07) is 9.97. The number of aliphatic hydroxyl groups excluding tert-OH is 1. The van der Waals surface area contributed by atoms with Gasteiger partial charge in [0.1, 0.15) is 31.0 Å². The topological polar surface area (TPSA) is 70.5 Å². The number of hydrogen-bond acceptors (Lipinski definition) is 2. The van der Waals surface area contributed by atoms with Crippen LogP contribution >= 0.6 is 0 Å². The summed E-state index contributed by atoms with van der Waals surface area (Å²) in [7, 11) is 0. The first-order valence-corrected chi connectivity index (χ1v) is 9.59. The van der Waals surface area contributed by atoms with E-state index in [1.165, 1.54) is 19.3 Å². The van der Waals surface area contributed by atoms with Crippen LogP contribution in [-0.2, 0) is 4.79 Å². The second-order valence-corrected chi connectivity index (χ2v) is 7.16. The van der Waals surface area contributed by atoms with Crippen LogP contribution in [0.15, 0.2) is 30.3 Å². The summed E-state index contributed by atoms with van der Waals surface area (Å²) in [5.74, 6) is 0.822. The molecule has 6 heteroatoms. The van der Waals surface area contributed by atoms with Gasteiger partial charge in [-0.15, -0.1) is 0 Å². The van der Waals surface area contributed by atoms with Crippen LogP contribution in [0.2, 0.25) is 0 Å². The van der Waals surface area contributed by atoms with Gasteiger partial charge in [0.2, 0.25) is 0 Å². The molecule has 5 N–H and O–H groups in total. The molecule has 2 unspecified atom stereocenters. The lowest BCUT2D eigenvalue weighted by Gasteiger charge is -2.19. The molecule has 1 aromatic rings. The van der Waals surface area contributed by atoms with Gasteiger partial charge in [-0.3, -0.25) is 4.79 Å². The van der Waals surface area contributed by atoms with Gasteiger partial charge in [0.25, 0.3) is 0 Å². The monoisotopic (exact) mass is 404 g/mol. The molecule has 0 heterocycles. The van der Waals surface area contributed by atoms with Crippen LogP contribution in [0.4, 0.5) is 0 Å². The summed E-state index contributed by atoms with van der Waals surface area (Å²) < 4.78 is 0. The summed E-state index contributed by atoms with van der Waals surface area (Å²) >= 11 is 0. The molecule has 26 heavy (non-hydrogen) atoms. The number of benzene rings is 1. The summed E-state index contributed by atoms with van der Waals surface area (Å²) in [6.07, 6.45) is 6.28. The minimum atomic E-state index is -0.431. The predicted octanol–water partition coefficient (Wildman–Crippen LogP) is -5.22. The van der Waals surface area contributed by atoms with Gasteiger partial charge < -0.3 is 40.6 Å². The van der Waals surface area contributed by atoms with Crippen LogP contribution in [0.5, 0.6) is 0 Å². The Morgan fingerprint density at radius 2 is 1.73 bits per heavy atom. The van der Waals surface area contributed by atoms with Crippen molar-refractivity contribution in [3.63, 3.8) is 0 Å². The van der Waals surface area contributed by atoms with E-state index >= 15 is 0 Å². The number of aliphatic hydroxyl groups is 1. The van der Waals surface area contributed by atoms with E-state index in [9.17, 15) is 9.90 Å². The highest BCUT2D eigenvalue weighted by molar-refractivity contribution is 5.81. The number of halogens is 2. The first-order valence-electron chi connectivity index (χ1n) is 9.59. The Morgan fingerprint density at radius 1 is 1.08 bits per heavy atom. The van der Waals surface area contributed by atoms with Crippen molar-refractivity contribution in [3.8, 4) is 0 Å². The first-order chi connectivity index (χ1) is 11.7. The van der Waals surface area contributed by atoms with Crippen molar-refractivity contribution < 1.29 is 45.3 Å². The zero-order valence-electron chi connectivity index (χ0n) is 15.7. The Balaban J connectivity index is 0.00000312. The van der Waals surface area contributed by atoms with Crippen molar-refractivity contribution in [1.82, 2.24) is 0 Å². The number of rotatable bonds is 10. The van der Waals surface area contributed by atoms with Gasteiger partial charge in [0.15, 0.2) is 0 Å². The molecule has 1 saturated carbocycles. The minimum absolute atomic E-state index is 0. The molecule has 2 atom stereocenters. The van der Waals surface area contributed by atoms with E-state index in [0.717, 1.165) is 38.0 Å². The molecular formula is C20H34Cl2N2O2. The fourth-order valence-electron chi connectivity index (χ4n) is 3.58. The van der Waals surface area contributed by atoms with E-state index in [1.54, 1.807) is 0 Å². The van der Waals surface area contributed by atoms with Gasteiger partial charge in [0.05, 0.1) is 13.0 Å². The van der Waals surface area contributed by atoms with Gasteiger partial charge in [-0.2, -0.15) is 0 Å². The number of ketones is 1. The van der Waals surface area contributed by atoms with Gasteiger partial charge in [-0.1, -0.05) is 49.6 Å². The van der Waals surface area contributed by atoms with Crippen molar-refractivity contribution in [1.29, 1.82) is 0 Å². The molecular weight excluding hydrogens is 371 g/mol. The summed E-state index contributed by atoms with van der Waals surface area (Å²) in [4.78, 5) is 12.1. The van der Waals surface area contributed by atoms with Crippen LogP contribution < -0.4 is 35.4 Å². The third-order valence-electron chi connectivity index (χ3n) is 5.20. The van der Waals surface area contributed by atoms with Gasteiger partial charge in [-0.25, -0.2) is 0 Å². The van der Waals surface area contributed by atoms with Gasteiger partial charge in [-0.05, 0) is 25.3 Å². The molecule has 0 amide bonds. The molecule has 0 radical (unpaired) electrons. The van der Waals surface area contributed by atoms with E-state index < -0.39 is 6.10 Å². The number of carbonyl (C=O) groups excluding carboxylic acids is 1. The molecule has 1 aliphatic carbocycles. The second kappa shape index (κ2) is 14.4. The van der Waals surface area contributed by atoms with E-state index in [-0.39, 0.29) is 30.9 Å². The molecule has 1 fully saturated rings. The standard InChI is InChI=1S/C20H32N2O2.2ClH/c1-16(20(24)18-10-6-3-7-11-18)22-15-14-21-13-12-19(23)17-8-4-2-5-9-17;;/h3,6-7,10-11,16-17,20-22,24H,2,4-5,8-9,12-15H2,1H3;2*1H. The van der Waals surface area contributed by atoms with E-state index in [0.29, 0.717) is 18.1 Å². The second-order valence-electron chi connectivity index (χ2n) is 7.16. The SMILES string of the molecule is CC([NH2+]CC[NH2+]CCC(=O)C1CCCCC1)C(O)c1ccccc1.[Cl-].[Cl-]. The fraction of sp³-hybridized carbons (Fsp3) is 0.650. The van der Waals surface area contributed by atoms with E-state index in [1.807, 2.05) is 30.3 Å². The number of hydrogen-bond donors (Lipinski definition) is 3. The Hall–Kier alpha value is -0.650. The van der Waals surface area contributed by atoms with Crippen molar-refractivity contribution >= 4 is 5.78 Å². The Kier molecular flexibility index (Phi) is 14.1. The van der Waals surface area contributed by atoms with Gasteiger partial charge >= 0.3 is 0 Å². The molecule has 4 nitrogen and oxygen atoms in total. The highest BCUT2D eigenvalue weighted by Gasteiger charge is 2.21. The molecule has 1 aliphatic rings. The average Bonchev–Trinajstić information content (AvgIpc) is 2.65. The zero-order chi connectivity index (χ0) is 17.2. The Morgan fingerprint density at radius 3 is 2.38 bits per heavy atom. The van der Waals surface area contributed by atoms with Crippen molar-refractivity contribution in [2.45, 2.75) is 57.6 Å². The summed E-state index contributed by atoms with van der Waals surface area (Å²) in [5.41, 5.74) is 0.975. The number of carbonyl (C=O) groups is 1. The lowest BCUT2D eigenvalue weighted by molar-refractivity contribution is -0.743. The number of nitrogens with two attached hydrogens (primary N) is 2. The first kappa shape index (κ1) is 25.4. The predicted molar refractivity (Wildman–Crippen MR) is 95.5 cm³/mol. The Bertz CT molecular complexity index is 482.